The summed E-state index contributed by atoms with van der Waals surface area (Å²) in [6.07, 6.45) is 1.52. The second kappa shape index (κ2) is 9.66. The predicted molar refractivity (Wildman–Crippen MR) is 107 cm³/mol. The maximum Gasteiger partial charge on any atom is 0.273 e. The van der Waals surface area contributed by atoms with Crippen LogP contribution >= 0.6 is 0 Å². The van der Waals surface area contributed by atoms with Gasteiger partial charge in [0.15, 0.2) is 0 Å². The van der Waals surface area contributed by atoms with Gasteiger partial charge in [0, 0.05) is 13.2 Å². The van der Waals surface area contributed by atoms with Crippen molar-refractivity contribution >= 4 is 16.7 Å². The van der Waals surface area contributed by atoms with Crippen molar-refractivity contribution in [2.24, 2.45) is 0 Å². The van der Waals surface area contributed by atoms with Gasteiger partial charge in [-0.3, -0.25) is 19.5 Å². The largest absolute Gasteiger partial charge is 0.381 e. The van der Waals surface area contributed by atoms with Crippen molar-refractivity contribution in [3.63, 3.8) is 0 Å². The second-order valence-corrected chi connectivity index (χ2v) is 6.43. The van der Waals surface area contributed by atoms with Crippen LogP contribution in [0.25, 0.3) is 10.8 Å². The van der Waals surface area contributed by atoms with Crippen LogP contribution < -0.4 is 16.4 Å². The molecule has 0 unspecified atom stereocenters. The first-order valence-corrected chi connectivity index (χ1v) is 9.25. The first-order chi connectivity index (χ1) is 13.6. The van der Waals surface area contributed by atoms with Crippen LogP contribution in [-0.2, 0) is 22.5 Å². The first-order valence-electron chi connectivity index (χ1n) is 9.25. The zero-order valence-corrected chi connectivity index (χ0v) is 15.5. The number of rotatable bonds is 9. The lowest BCUT2D eigenvalue weighted by molar-refractivity contribution is -0.121. The van der Waals surface area contributed by atoms with Gasteiger partial charge in [-0.1, -0.05) is 42.5 Å². The lowest BCUT2D eigenvalue weighted by atomic mass is 10.2. The predicted octanol–water partition coefficient (Wildman–Crippen LogP) is 1.46. The normalized spacial score (nSPS) is 10.9. The number of H-pyrrole nitrogens is 1. The molecule has 0 saturated carbocycles. The molecule has 0 atom stereocenters. The fraction of sp³-hybridized carbons (Fsp3) is 0.286. The van der Waals surface area contributed by atoms with Crippen molar-refractivity contribution in [3.8, 4) is 0 Å². The highest BCUT2D eigenvalue weighted by atomic mass is 16.5. The maximum absolute atomic E-state index is 12.4. The van der Waals surface area contributed by atoms with E-state index in [1.54, 1.807) is 24.3 Å². The van der Waals surface area contributed by atoms with E-state index in [1.807, 2.05) is 18.2 Å². The fourth-order valence-corrected chi connectivity index (χ4v) is 2.90. The van der Waals surface area contributed by atoms with Gasteiger partial charge < -0.3 is 10.1 Å². The topological polar surface area (TPSA) is 93.2 Å². The summed E-state index contributed by atoms with van der Waals surface area (Å²) in [4.78, 5) is 36.5. The zero-order valence-electron chi connectivity index (χ0n) is 15.5. The van der Waals surface area contributed by atoms with Gasteiger partial charge in [-0.05, 0) is 30.5 Å². The number of carbonyl (C=O) groups excluding carboxylic acids is 1. The highest BCUT2D eigenvalue weighted by molar-refractivity contribution is 5.81. The Labute approximate surface area is 161 Å². The van der Waals surface area contributed by atoms with Crippen LogP contribution in [-0.4, -0.2) is 35.4 Å². The average molecular weight is 381 g/mol. The van der Waals surface area contributed by atoms with Gasteiger partial charge >= 0.3 is 0 Å². The lowest BCUT2D eigenvalue weighted by Gasteiger charge is -2.09. The number of hydrogen-bond acceptors (Lipinski definition) is 4. The Morgan fingerprint density at radius 1 is 0.964 bits per heavy atom. The molecule has 1 amide bonds. The highest BCUT2D eigenvalue weighted by Crippen LogP contribution is 2.02. The molecule has 0 aliphatic carbocycles. The minimum Gasteiger partial charge on any atom is -0.381 e. The van der Waals surface area contributed by atoms with Gasteiger partial charge in [-0.2, -0.15) is 0 Å². The molecule has 0 aliphatic heterocycles. The summed E-state index contributed by atoms with van der Waals surface area (Å²) >= 11 is 0. The van der Waals surface area contributed by atoms with Crippen molar-refractivity contribution in [2.45, 2.75) is 19.4 Å². The average Bonchev–Trinajstić information content (AvgIpc) is 2.72. The van der Waals surface area contributed by atoms with Crippen molar-refractivity contribution in [3.05, 3.63) is 80.9 Å². The van der Waals surface area contributed by atoms with Crippen LogP contribution in [0.15, 0.2) is 64.2 Å². The van der Waals surface area contributed by atoms with E-state index in [1.165, 1.54) is 5.56 Å². The SMILES string of the molecule is O=C(Cn1[nH]c(=O)c2ccccc2c1=O)NCCCOCCc1ccccc1. The van der Waals surface area contributed by atoms with Crippen LogP contribution in [0, 0.1) is 0 Å². The number of aromatic amines is 1. The number of hydrogen-bond donors (Lipinski definition) is 2. The molecular formula is C21H23N3O4. The molecule has 0 fully saturated rings. The molecule has 3 rings (SSSR count). The summed E-state index contributed by atoms with van der Waals surface area (Å²) in [6.45, 7) is 1.38. The molecule has 0 bridgehead atoms. The minimum absolute atomic E-state index is 0.228. The fourth-order valence-electron chi connectivity index (χ4n) is 2.90. The Bertz CT molecular complexity index is 1040. The Morgan fingerprint density at radius 3 is 2.46 bits per heavy atom. The van der Waals surface area contributed by atoms with E-state index < -0.39 is 11.1 Å². The second-order valence-electron chi connectivity index (χ2n) is 6.43. The monoisotopic (exact) mass is 381 g/mol. The van der Waals surface area contributed by atoms with E-state index in [-0.39, 0.29) is 12.5 Å². The van der Waals surface area contributed by atoms with E-state index in [0.29, 0.717) is 37.0 Å². The molecule has 7 nitrogen and oxygen atoms in total. The summed E-state index contributed by atoms with van der Waals surface area (Å²) in [5.74, 6) is -0.336. The van der Waals surface area contributed by atoms with Gasteiger partial charge in [0.05, 0.1) is 17.4 Å². The number of nitrogens with one attached hydrogen (secondary N) is 2. The van der Waals surface area contributed by atoms with Crippen LogP contribution in [0.3, 0.4) is 0 Å². The first kappa shape index (κ1) is 19.6. The molecule has 2 aromatic carbocycles. The Morgan fingerprint density at radius 2 is 1.68 bits per heavy atom. The number of amides is 1. The van der Waals surface area contributed by atoms with Crippen LogP contribution in [0.2, 0.25) is 0 Å². The minimum atomic E-state index is -0.394. The Kier molecular flexibility index (Phi) is 6.75. The van der Waals surface area contributed by atoms with Gasteiger partial charge in [-0.25, -0.2) is 4.68 Å². The molecule has 3 aromatic rings. The summed E-state index contributed by atoms with van der Waals surface area (Å²) < 4.78 is 6.60. The standard InChI is InChI=1S/C21H23N3O4/c25-19(22-12-6-13-28-14-11-16-7-2-1-3-8-16)15-24-21(27)18-10-5-4-9-17(18)20(26)23-24/h1-5,7-10H,6,11-15H2,(H,22,25)(H,23,26). The Balaban J connectivity index is 1.40. The van der Waals surface area contributed by atoms with Gasteiger partial charge in [0.2, 0.25) is 5.91 Å². The third-order valence-electron chi connectivity index (χ3n) is 4.35. The summed E-state index contributed by atoms with van der Waals surface area (Å²) in [5.41, 5.74) is 0.440. The van der Waals surface area contributed by atoms with E-state index in [9.17, 15) is 14.4 Å². The number of aromatic nitrogens is 2. The highest BCUT2D eigenvalue weighted by Gasteiger charge is 2.09. The molecule has 7 heteroatoms. The van der Waals surface area contributed by atoms with E-state index in [2.05, 4.69) is 22.5 Å². The summed E-state index contributed by atoms with van der Waals surface area (Å²) in [6, 6.07) is 16.6. The smallest absolute Gasteiger partial charge is 0.273 e. The van der Waals surface area contributed by atoms with E-state index in [0.717, 1.165) is 11.1 Å². The van der Waals surface area contributed by atoms with Crippen molar-refractivity contribution in [1.82, 2.24) is 15.1 Å². The molecule has 1 aromatic heterocycles. The van der Waals surface area contributed by atoms with Crippen LogP contribution in [0.1, 0.15) is 12.0 Å². The molecule has 28 heavy (non-hydrogen) atoms. The quantitative estimate of drug-likeness (QED) is 0.549. The third kappa shape index (κ3) is 5.17. The van der Waals surface area contributed by atoms with Crippen LogP contribution in [0.5, 0.6) is 0 Å². The molecule has 0 radical (unpaired) electrons. The van der Waals surface area contributed by atoms with Crippen molar-refractivity contribution < 1.29 is 9.53 Å². The lowest BCUT2D eigenvalue weighted by Crippen LogP contribution is -2.37. The van der Waals surface area contributed by atoms with Crippen LogP contribution in [0.4, 0.5) is 0 Å². The van der Waals surface area contributed by atoms with E-state index in [4.69, 9.17) is 4.74 Å². The van der Waals surface area contributed by atoms with E-state index >= 15 is 0 Å². The zero-order chi connectivity index (χ0) is 19.8. The molecule has 0 aliphatic rings. The van der Waals surface area contributed by atoms with Crippen molar-refractivity contribution in [2.75, 3.05) is 19.8 Å². The number of ether oxygens (including phenoxy) is 1. The van der Waals surface area contributed by atoms with Crippen molar-refractivity contribution in [1.29, 1.82) is 0 Å². The number of fused-ring (bicyclic) bond motifs is 1. The third-order valence-corrected chi connectivity index (χ3v) is 4.35. The maximum atomic E-state index is 12.4. The molecule has 0 spiro atoms. The van der Waals surface area contributed by atoms with Gasteiger partial charge in [0.25, 0.3) is 11.1 Å². The Hall–Kier alpha value is -3.19. The number of benzene rings is 2. The molecular weight excluding hydrogens is 358 g/mol. The number of carbonyl (C=O) groups is 1. The molecule has 1 heterocycles. The van der Waals surface area contributed by atoms with Gasteiger partial charge in [0.1, 0.15) is 6.54 Å². The molecule has 0 saturated heterocycles. The summed E-state index contributed by atoms with van der Waals surface area (Å²) in [7, 11) is 0. The van der Waals surface area contributed by atoms with Gasteiger partial charge in [-0.15, -0.1) is 0 Å². The molecule has 146 valence electrons. The number of nitrogens with zero attached hydrogens (tertiary/aromatic N) is 1. The molecule has 2 N–H and O–H groups in total. The summed E-state index contributed by atoms with van der Waals surface area (Å²) in [5, 5.41) is 5.79.